The maximum atomic E-state index is 5.94. The van der Waals surface area contributed by atoms with Crippen molar-refractivity contribution >= 4 is 5.69 Å². The molecule has 0 spiro atoms. The van der Waals surface area contributed by atoms with Crippen molar-refractivity contribution in [2.45, 2.75) is 31.9 Å². The largest absolute Gasteiger partial charge is 0.495 e. The minimum Gasteiger partial charge on any atom is -0.495 e. The maximum Gasteiger partial charge on any atom is 0.182 e. The van der Waals surface area contributed by atoms with E-state index in [-0.39, 0.29) is 6.10 Å². The van der Waals surface area contributed by atoms with Gasteiger partial charge in [-0.15, -0.1) is 5.10 Å². The van der Waals surface area contributed by atoms with Gasteiger partial charge in [-0.2, -0.15) is 0 Å². The van der Waals surface area contributed by atoms with Crippen molar-refractivity contribution in [1.29, 1.82) is 0 Å². The molecule has 1 aliphatic heterocycles. The van der Waals surface area contributed by atoms with E-state index in [4.69, 9.17) is 15.2 Å². The summed E-state index contributed by atoms with van der Waals surface area (Å²) in [6.45, 7) is 1.48. The Bertz CT molecular complexity index is 607. The third-order valence-electron chi connectivity index (χ3n) is 3.67. The Morgan fingerprint density at radius 2 is 2.33 bits per heavy atom. The van der Waals surface area contributed by atoms with E-state index in [1.54, 1.807) is 11.8 Å². The Morgan fingerprint density at radius 3 is 3.05 bits per heavy atom. The number of nitrogens with two attached hydrogens (primary N) is 1. The fourth-order valence-electron chi connectivity index (χ4n) is 2.55. The molecule has 7 heteroatoms. The molecule has 3 rings (SSSR count). The molecule has 1 fully saturated rings. The number of hydrogen-bond donors (Lipinski definition) is 1. The molecular weight excluding hydrogens is 270 g/mol. The molecule has 1 saturated heterocycles. The predicted octanol–water partition coefficient (Wildman–Crippen LogP) is 1.50. The minimum absolute atomic E-state index is 0.177. The number of nitrogen functional groups attached to an aromatic ring is 1. The third-order valence-corrected chi connectivity index (χ3v) is 3.67. The zero-order valence-electron chi connectivity index (χ0n) is 12.0. The average Bonchev–Trinajstić information content (AvgIpc) is 2.96. The van der Waals surface area contributed by atoms with Crippen molar-refractivity contribution in [1.82, 2.24) is 20.2 Å². The monoisotopic (exact) mass is 289 g/mol. The second-order valence-electron chi connectivity index (χ2n) is 5.13. The molecular formula is C14H19N5O2. The average molecular weight is 289 g/mol. The van der Waals surface area contributed by atoms with Crippen molar-refractivity contribution in [2.24, 2.45) is 0 Å². The summed E-state index contributed by atoms with van der Waals surface area (Å²) in [6, 6.07) is 5.54. The quantitative estimate of drug-likeness (QED) is 0.858. The van der Waals surface area contributed by atoms with Crippen LogP contribution in [0.15, 0.2) is 18.2 Å². The molecule has 0 radical (unpaired) electrons. The Hall–Kier alpha value is -2.15. The number of tetrazole rings is 1. The van der Waals surface area contributed by atoms with E-state index in [1.165, 1.54) is 6.42 Å². The van der Waals surface area contributed by atoms with Gasteiger partial charge >= 0.3 is 0 Å². The molecule has 1 aromatic heterocycles. The van der Waals surface area contributed by atoms with E-state index in [9.17, 15) is 0 Å². The van der Waals surface area contributed by atoms with E-state index in [2.05, 4.69) is 15.5 Å². The van der Waals surface area contributed by atoms with Gasteiger partial charge in [0.2, 0.25) is 0 Å². The highest BCUT2D eigenvalue weighted by atomic mass is 16.5. The van der Waals surface area contributed by atoms with Gasteiger partial charge in [0.15, 0.2) is 5.82 Å². The summed E-state index contributed by atoms with van der Waals surface area (Å²) >= 11 is 0. The van der Waals surface area contributed by atoms with Gasteiger partial charge in [0, 0.05) is 12.2 Å². The number of aromatic nitrogens is 4. The lowest BCUT2D eigenvalue weighted by molar-refractivity contribution is 0.00397. The smallest absolute Gasteiger partial charge is 0.182 e. The van der Waals surface area contributed by atoms with Crippen LogP contribution in [0.5, 0.6) is 5.75 Å². The first-order valence-electron chi connectivity index (χ1n) is 7.09. The lowest BCUT2D eigenvalue weighted by Gasteiger charge is -2.22. The molecule has 21 heavy (non-hydrogen) atoms. The molecule has 2 aromatic rings. The Morgan fingerprint density at radius 1 is 1.43 bits per heavy atom. The van der Waals surface area contributed by atoms with Crippen molar-refractivity contribution in [2.75, 3.05) is 19.5 Å². The first-order chi connectivity index (χ1) is 10.3. The normalized spacial score (nSPS) is 18.6. The number of hydrogen-bond acceptors (Lipinski definition) is 6. The van der Waals surface area contributed by atoms with Crippen LogP contribution in [0.25, 0.3) is 11.4 Å². The molecule has 0 amide bonds. The fourth-order valence-corrected chi connectivity index (χ4v) is 2.55. The van der Waals surface area contributed by atoms with Gasteiger partial charge in [-0.25, -0.2) is 4.68 Å². The number of ether oxygens (including phenoxy) is 2. The Balaban J connectivity index is 1.82. The third kappa shape index (κ3) is 2.97. The molecule has 1 aromatic carbocycles. The van der Waals surface area contributed by atoms with Crippen LogP contribution < -0.4 is 10.5 Å². The lowest BCUT2D eigenvalue weighted by atomic mass is 10.1. The molecule has 0 aliphatic carbocycles. The van der Waals surface area contributed by atoms with Crippen molar-refractivity contribution < 1.29 is 9.47 Å². The van der Waals surface area contributed by atoms with Crippen LogP contribution in [0.1, 0.15) is 19.3 Å². The summed E-state index contributed by atoms with van der Waals surface area (Å²) in [7, 11) is 1.59. The maximum absolute atomic E-state index is 5.94. The van der Waals surface area contributed by atoms with Crippen LogP contribution in [-0.2, 0) is 11.3 Å². The Labute approximate surface area is 123 Å². The van der Waals surface area contributed by atoms with E-state index < -0.39 is 0 Å². The predicted molar refractivity (Wildman–Crippen MR) is 77.8 cm³/mol. The van der Waals surface area contributed by atoms with Crippen molar-refractivity contribution in [3.8, 4) is 17.1 Å². The second kappa shape index (κ2) is 6.09. The molecule has 2 N–H and O–H groups in total. The van der Waals surface area contributed by atoms with Gasteiger partial charge in [0.25, 0.3) is 0 Å². The van der Waals surface area contributed by atoms with E-state index in [0.717, 1.165) is 25.0 Å². The molecule has 112 valence electrons. The number of nitrogens with zero attached hydrogens (tertiary/aromatic N) is 4. The van der Waals surface area contributed by atoms with E-state index >= 15 is 0 Å². The zero-order chi connectivity index (χ0) is 14.7. The highest BCUT2D eigenvalue weighted by Gasteiger charge is 2.18. The summed E-state index contributed by atoms with van der Waals surface area (Å²) in [6.07, 6.45) is 3.55. The molecule has 7 nitrogen and oxygen atoms in total. The molecule has 1 atom stereocenters. The standard InChI is InChI=1S/C14H19N5O2/c1-20-13-6-5-10(8-12(13)15)14-16-17-18-19(14)9-11-4-2-3-7-21-11/h5-6,8,11H,2-4,7,9,15H2,1H3. The Kier molecular flexibility index (Phi) is 4.01. The van der Waals surface area contributed by atoms with Crippen molar-refractivity contribution in [3.05, 3.63) is 18.2 Å². The summed E-state index contributed by atoms with van der Waals surface area (Å²) in [4.78, 5) is 0. The van der Waals surface area contributed by atoms with Crippen LogP contribution in [-0.4, -0.2) is 40.0 Å². The first kappa shape index (κ1) is 13.8. The molecule has 0 bridgehead atoms. The summed E-state index contributed by atoms with van der Waals surface area (Å²) in [5, 5.41) is 11.9. The van der Waals surface area contributed by atoms with E-state index in [1.807, 2.05) is 18.2 Å². The van der Waals surface area contributed by atoms with Gasteiger partial charge in [-0.1, -0.05) is 0 Å². The highest BCUT2D eigenvalue weighted by Crippen LogP contribution is 2.27. The number of benzene rings is 1. The molecule has 1 aliphatic rings. The summed E-state index contributed by atoms with van der Waals surface area (Å²) in [5.74, 6) is 1.34. The second-order valence-corrected chi connectivity index (χ2v) is 5.13. The fraction of sp³-hybridized carbons (Fsp3) is 0.500. The molecule has 2 heterocycles. The van der Waals surface area contributed by atoms with Crippen LogP contribution >= 0.6 is 0 Å². The minimum atomic E-state index is 0.177. The molecule has 1 unspecified atom stereocenters. The summed E-state index contributed by atoms with van der Waals surface area (Å²) < 4.78 is 12.7. The van der Waals surface area contributed by atoms with Gasteiger partial charge in [0.05, 0.1) is 25.4 Å². The van der Waals surface area contributed by atoms with Crippen LogP contribution in [0.2, 0.25) is 0 Å². The van der Waals surface area contributed by atoms with Crippen LogP contribution in [0, 0.1) is 0 Å². The van der Waals surface area contributed by atoms with Gasteiger partial charge < -0.3 is 15.2 Å². The van der Waals surface area contributed by atoms with Crippen molar-refractivity contribution in [3.63, 3.8) is 0 Å². The van der Waals surface area contributed by atoms with Crippen LogP contribution in [0.4, 0.5) is 5.69 Å². The van der Waals surface area contributed by atoms with Gasteiger partial charge in [-0.3, -0.25) is 0 Å². The highest BCUT2D eigenvalue weighted by molar-refractivity contribution is 5.66. The number of rotatable bonds is 4. The van der Waals surface area contributed by atoms with Gasteiger partial charge in [-0.05, 0) is 47.9 Å². The van der Waals surface area contributed by atoms with Gasteiger partial charge in [0.1, 0.15) is 5.75 Å². The van der Waals surface area contributed by atoms with Crippen LogP contribution in [0.3, 0.4) is 0 Å². The molecule has 0 saturated carbocycles. The lowest BCUT2D eigenvalue weighted by Crippen LogP contribution is -2.25. The SMILES string of the molecule is COc1ccc(-c2nnnn2CC2CCCCO2)cc1N. The van der Waals surface area contributed by atoms with E-state index in [0.29, 0.717) is 23.8 Å². The first-order valence-corrected chi connectivity index (χ1v) is 7.09. The number of anilines is 1. The zero-order valence-corrected chi connectivity index (χ0v) is 12.0. The topological polar surface area (TPSA) is 88.1 Å². The number of methoxy groups -OCH3 is 1. The summed E-state index contributed by atoms with van der Waals surface area (Å²) in [5.41, 5.74) is 7.38.